The van der Waals surface area contributed by atoms with Gasteiger partial charge in [0, 0.05) is 23.4 Å². The lowest BCUT2D eigenvalue weighted by atomic mass is 10.2. The van der Waals surface area contributed by atoms with Crippen LogP contribution in [0.15, 0.2) is 18.2 Å². The molecular formula is C13H17ClN2O3. The Morgan fingerprint density at radius 1 is 1.37 bits per heavy atom. The molecule has 0 fully saturated rings. The van der Waals surface area contributed by atoms with Gasteiger partial charge in [0.15, 0.2) is 0 Å². The summed E-state index contributed by atoms with van der Waals surface area (Å²) >= 11 is 5.83. The number of nitrogens with one attached hydrogen (secondary N) is 2. The van der Waals surface area contributed by atoms with Crippen molar-refractivity contribution < 1.29 is 14.7 Å². The normalized spacial score (nSPS) is 11.8. The maximum Gasteiger partial charge on any atom is 0.313 e. The number of benzene rings is 1. The van der Waals surface area contributed by atoms with E-state index < -0.39 is 11.8 Å². The van der Waals surface area contributed by atoms with E-state index in [0.717, 1.165) is 5.56 Å². The number of carbonyl (C=O) groups excluding carboxylic acids is 2. The molecule has 0 aliphatic carbocycles. The molecular weight excluding hydrogens is 268 g/mol. The van der Waals surface area contributed by atoms with E-state index in [1.165, 1.54) is 0 Å². The van der Waals surface area contributed by atoms with Crippen LogP contribution in [-0.2, 0) is 9.59 Å². The van der Waals surface area contributed by atoms with Crippen LogP contribution in [0.25, 0.3) is 0 Å². The molecule has 0 aliphatic rings. The zero-order valence-corrected chi connectivity index (χ0v) is 11.6. The molecule has 5 nitrogen and oxygen atoms in total. The molecule has 0 aromatic heterocycles. The minimum Gasteiger partial charge on any atom is -0.396 e. The van der Waals surface area contributed by atoms with Gasteiger partial charge in [0.25, 0.3) is 0 Å². The summed E-state index contributed by atoms with van der Waals surface area (Å²) in [5.74, 6) is -1.49. The van der Waals surface area contributed by atoms with Crippen molar-refractivity contribution in [1.82, 2.24) is 5.32 Å². The third kappa shape index (κ3) is 4.89. The molecule has 0 aliphatic heterocycles. The van der Waals surface area contributed by atoms with Crippen LogP contribution in [0.3, 0.4) is 0 Å². The smallest absolute Gasteiger partial charge is 0.313 e. The zero-order chi connectivity index (χ0) is 14.4. The third-order valence-electron chi connectivity index (χ3n) is 2.59. The Bertz CT molecular complexity index is 477. The van der Waals surface area contributed by atoms with Gasteiger partial charge in [0.2, 0.25) is 0 Å². The Labute approximate surface area is 117 Å². The zero-order valence-electron chi connectivity index (χ0n) is 10.9. The van der Waals surface area contributed by atoms with Crippen LogP contribution in [-0.4, -0.2) is 29.6 Å². The van der Waals surface area contributed by atoms with Crippen LogP contribution in [0.2, 0.25) is 5.02 Å². The van der Waals surface area contributed by atoms with Gasteiger partial charge in [0.1, 0.15) is 0 Å². The molecule has 1 aromatic carbocycles. The molecule has 19 heavy (non-hydrogen) atoms. The second kappa shape index (κ2) is 7.11. The Hall–Kier alpha value is -1.59. The van der Waals surface area contributed by atoms with Crippen molar-refractivity contribution in [2.24, 2.45) is 0 Å². The van der Waals surface area contributed by atoms with Gasteiger partial charge in [0.05, 0.1) is 0 Å². The number of amides is 2. The second-order valence-electron chi connectivity index (χ2n) is 4.30. The number of carbonyl (C=O) groups is 2. The second-order valence-corrected chi connectivity index (χ2v) is 4.74. The molecule has 1 atom stereocenters. The number of hydrogen-bond acceptors (Lipinski definition) is 3. The average molecular weight is 285 g/mol. The summed E-state index contributed by atoms with van der Waals surface area (Å²) in [5, 5.41) is 14.2. The van der Waals surface area contributed by atoms with Crippen molar-refractivity contribution in [3.05, 3.63) is 28.8 Å². The molecule has 1 rings (SSSR count). The van der Waals surface area contributed by atoms with Gasteiger partial charge >= 0.3 is 11.8 Å². The first-order chi connectivity index (χ1) is 8.93. The monoisotopic (exact) mass is 284 g/mol. The van der Waals surface area contributed by atoms with E-state index in [1.54, 1.807) is 32.0 Å². The highest BCUT2D eigenvalue weighted by Gasteiger charge is 2.16. The molecule has 0 unspecified atom stereocenters. The molecule has 0 spiro atoms. The lowest BCUT2D eigenvalue weighted by Gasteiger charge is -2.13. The largest absolute Gasteiger partial charge is 0.396 e. The number of aryl methyl sites for hydroxylation is 1. The molecule has 1 aromatic rings. The van der Waals surface area contributed by atoms with E-state index >= 15 is 0 Å². The molecule has 0 saturated heterocycles. The van der Waals surface area contributed by atoms with E-state index in [2.05, 4.69) is 10.6 Å². The Morgan fingerprint density at radius 3 is 2.68 bits per heavy atom. The fourth-order valence-electron chi connectivity index (χ4n) is 1.46. The first-order valence-electron chi connectivity index (χ1n) is 5.93. The molecule has 6 heteroatoms. The molecule has 0 bridgehead atoms. The Balaban J connectivity index is 2.64. The maximum atomic E-state index is 11.7. The number of anilines is 1. The van der Waals surface area contributed by atoms with Crippen LogP contribution >= 0.6 is 11.6 Å². The lowest BCUT2D eigenvalue weighted by molar-refractivity contribution is -0.136. The lowest BCUT2D eigenvalue weighted by Crippen LogP contribution is -2.40. The summed E-state index contributed by atoms with van der Waals surface area (Å²) in [6.07, 6.45) is 0.398. The SMILES string of the molecule is Cc1ccc(Cl)cc1NC(=O)C(=O)N[C@H](C)CCO. The first kappa shape index (κ1) is 15.5. The molecule has 0 radical (unpaired) electrons. The third-order valence-corrected chi connectivity index (χ3v) is 2.83. The van der Waals surface area contributed by atoms with Crippen LogP contribution < -0.4 is 10.6 Å². The van der Waals surface area contributed by atoms with Gasteiger partial charge < -0.3 is 15.7 Å². The fourth-order valence-corrected chi connectivity index (χ4v) is 1.64. The van der Waals surface area contributed by atoms with Crippen LogP contribution in [0, 0.1) is 6.92 Å². The van der Waals surface area contributed by atoms with Gasteiger partial charge in [-0.3, -0.25) is 9.59 Å². The van der Waals surface area contributed by atoms with E-state index in [4.69, 9.17) is 16.7 Å². The molecule has 0 saturated carbocycles. The Morgan fingerprint density at radius 2 is 2.05 bits per heavy atom. The van der Waals surface area contributed by atoms with Crippen LogP contribution in [0.5, 0.6) is 0 Å². The Kier molecular flexibility index (Phi) is 5.79. The van der Waals surface area contributed by atoms with E-state index in [-0.39, 0.29) is 12.6 Å². The summed E-state index contributed by atoms with van der Waals surface area (Å²) in [6.45, 7) is 3.47. The first-order valence-corrected chi connectivity index (χ1v) is 6.30. The van der Waals surface area contributed by atoms with E-state index in [0.29, 0.717) is 17.1 Å². The van der Waals surface area contributed by atoms with Crippen molar-refractivity contribution in [3.8, 4) is 0 Å². The molecule has 104 valence electrons. The summed E-state index contributed by atoms with van der Waals surface area (Å²) in [7, 11) is 0. The number of halogens is 1. The van der Waals surface area contributed by atoms with E-state index in [1.807, 2.05) is 0 Å². The minimum atomic E-state index is -0.754. The van der Waals surface area contributed by atoms with Gasteiger partial charge in [-0.05, 0) is 38.0 Å². The minimum absolute atomic E-state index is 0.0452. The van der Waals surface area contributed by atoms with Crippen molar-refractivity contribution in [3.63, 3.8) is 0 Å². The number of aliphatic hydroxyl groups is 1. The predicted octanol–water partition coefficient (Wildman–Crippen LogP) is 1.47. The predicted molar refractivity (Wildman–Crippen MR) is 74.1 cm³/mol. The maximum absolute atomic E-state index is 11.7. The summed E-state index contributed by atoms with van der Waals surface area (Å²) < 4.78 is 0. The number of rotatable bonds is 4. The topological polar surface area (TPSA) is 78.4 Å². The quantitative estimate of drug-likeness (QED) is 0.733. The molecule has 2 amide bonds. The van der Waals surface area contributed by atoms with Gasteiger partial charge in [-0.1, -0.05) is 17.7 Å². The van der Waals surface area contributed by atoms with Crippen molar-refractivity contribution in [2.45, 2.75) is 26.3 Å². The highest BCUT2D eigenvalue weighted by atomic mass is 35.5. The molecule has 0 heterocycles. The van der Waals surface area contributed by atoms with Crippen LogP contribution in [0.4, 0.5) is 5.69 Å². The molecule has 3 N–H and O–H groups in total. The van der Waals surface area contributed by atoms with Crippen molar-refractivity contribution >= 4 is 29.1 Å². The highest BCUT2D eigenvalue weighted by molar-refractivity contribution is 6.40. The number of aliphatic hydroxyl groups excluding tert-OH is 1. The fraction of sp³-hybridized carbons (Fsp3) is 0.385. The summed E-state index contributed by atoms with van der Waals surface area (Å²) in [4.78, 5) is 23.3. The van der Waals surface area contributed by atoms with Crippen LogP contribution in [0.1, 0.15) is 18.9 Å². The van der Waals surface area contributed by atoms with Gasteiger partial charge in [-0.2, -0.15) is 0 Å². The number of hydrogen-bond donors (Lipinski definition) is 3. The van der Waals surface area contributed by atoms with Gasteiger partial charge in [-0.25, -0.2) is 0 Å². The summed E-state index contributed by atoms with van der Waals surface area (Å²) in [5.41, 5.74) is 1.32. The van der Waals surface area contributed by atoms with Crippen molar-refractivity contribution in [1.29, 1.82) is 0 Å². The van der Waals surface area contributed by atoms with E-state index in [9.17, 15) is 9.59 Å². The highest BCUT2D eigenvalue weighted by Crippen LogP contribution is 2.19. The van der Waals surface area contributed by atoms with Crippen molar-refractivity contribution in [2.75, 3.05) is 11.9 Å². The van der Waals surface area contributed by atoms with Gasteiger partial charge in [-0.15, -0.1) is 0 Å². The standard InChI is InChI=1S/C13H17ClN2O3/c1-8-3-4-10(14)7-11(8)16-13(19)12(18)15-9(2)5-6-17/h3-4,7,9,17H,5-6H2,1-2H3,(H,15,18)(H,16,19)/t9-/m1/s1. The average Bonchev–Trinajstić information content (AvgIpc) is 2.34. The summed E-state index contributed by atoms with van der Waals surface area (Å²) in [6, 6.07) is 4.78.